The van der Waals surface area contributed by atoms with E-state index < -0.39 is 40.4 Å². The van der Waals surface area contributed by atoms with E-state index >= 15 is 0 Å². The molecular weight excluding hydrogens is 430 g/mol. The summed E-state index contributed by atoms with van der Waals surface area (Å²) in [4.78, 5) is 24.5. The minimum absolute atomic E-state index is 0.0128. The molecule has 7 nitrogen and oxygen atoms in total. The zero-order chi connectivity index (χ0) is 19.6. The van der Waals surface area contributed by atoms with Crippen molar-refractivity contribution in [2.45, 2.75) is 25.8 Å². The SMILES string of the molecule is CC1(C)Oc2c(Br)cc(F)c(-n3c(=O)cc(C(F)(F)F)n(N)c3=O)c2O1. The number of benzene rings is 1. The summed E-state index contributed by atoms with van der Waals surface area (Å²) in [7, 11) is 0. The van der Waals surface area contributed by atoms with Gasteiger partial charge in [0.25, 0.3) is 5.56 Å². The van der Waals surface area contributed by atoms with Gasteiger partial charge in [-0.3, -0.25) is 4.79 Å². The number of nitrogens with two attached hydrogens (primary N) is 1. The van der Waals surface area contributed by atoms with E-state index in [1.54, 1.807) is 0 Å². The van der Waals surface area contributed by atoms with Crippen LogP contribution in [0.2, 0.25) is 0 Å². The second-order valence-electron chi connectivity index (χ2n) is 5.80. The van der Waals surface area contributed by atoms with Crippen LogP contribution < -0.4 is 26.6 Å². The van der Waals surface area contributed by atoms with E-state index in [4.69, 9.17) is 15.3 Å². The molecule has 1 aromatic carbocycles. The summed E-state index contributed by atoms with van der Waals surface area (Å²) in [6.07, 6.45) is -5.05. The van der Waals surface area contributed by atoms with Crippen LogP contribution in [0.25, 0.3) is 5.69 Å². The summed E-state index contributed by atoms with van der Waals surface area (Å²) in [5, 5.41) is 0. The number of hydrogen-bond acceptors (Lipinski definition) is 5. The number of nitrogens with zero attached hydrogens (tertiary/aromatic N) is 2. The minimum atomic E-state index is -5.05. The van der Waals surface area contributed by atoms with Gasteiger partial charge in [0.1, 0.15) is 5.69 Å². The molecule has 0 radical (unpaired) electrons. The summed E-state index contributed by atoms with van der Waals surface area (Å²) in [5.74, 6) is 2.48. The zero-order valence-electron chi connectivity index (χ0n) is 13.1. The normalized spacial score (nSPS) is 15.3. The van der Waals surface area contributed by atoms with E-state index in [1.165, 1.54) is 13.8 Å². The molecule has 140 valence electrons. The first-order chi connectivity index (χ1) is 11.8. The second-order valence-corrected chi connectivity index (χ2v) is 6.66. The number of hydrogen-bond donors (Lipinski definition) is 1. The Balaban J connectivity index is 2.38. The minimum Gasteiger partial charge on any atom is -0.448 e. The van der Waals surface area contributed by atoms with Crippen LogP contribution in [-0.4, -0.2) is 15.0 Å². The van der Waals surface area contributed by atoms with Gasteiger partial charge >= 0.3 is 11.9 Å². The Morgan fingerprint density at radius 2 is 1.73 bits per heavy atom. The number of aromatic nitrogens is 2. The number of nitrogen functional groups attached to an aromatic ring is 1. The highest BCUT2D eigenvalue weighted by molar-refractivity contribution is 9.10. The van der Waals surface area contributed by atoms with Crippen LogP contribution in [0, 0.1) is 5.82 Å². The van der Waals surface area contributed by atoms with Crippen molar-refractivity contribution in [1.29, 1.82) is 0 Å². The first kappa shape index (κ1) is 18.3. The van der Waals surface area contributed by atoms with Gasteiger partial charge in [0.05, 0.1) is 4.47 Å². The Morgan fingerprint density at radius 1 is 1.15 bits per heavy atom. The summed E-state index contributed by atoms with van der Waals surface area (Å²) < 4.78 is 64.1. The standard InChI is InChI=1S/C14H10BrF4N3O4/c1-13(2)25-10-5(15)3-6(16)9(11(10)26-13)21-8(23)4-7(14(17,18)19)22(20)12(21)24/h3-4H,20H2,1-2H3. The number of halogens is 5. The van der Waals surface area contributed by atoms with Crippen LogP contribution in [0.3, 0.4) is 0 Å². The lowest BCUT2D eigenvalue weighted by Crippen LogP contribution is -2.45. The fourth-order valence-electron chi connectivity index (χ4n) is 2.46. The van der Waals surface area contributed by atoms with Gasteiger partial charge in [0.2, 0.25) is 5.79 Å². The van der Waals surface area contributed by atoms with Crippen LogP contribution in [0.1, 0.15) is 19.5 Å². The maximum Gasteiger partial charge on any atom is 0.433 e. The molecule has 1 aliphatic rings. The van der Waals surface area contributed by atoms with Gasteiger partial charge in [-0.1, -0.05) is 0 Å². The molecule has 1 aliphatic heterocycles. The Hall–Kier alpha value is -2.50. The molecule has 2 heterocycles. The summed E-state index contributed by atoms with van der Waals surface area (Å²) in [6, 6.07) is 0.986. The predicted molar refractivity (Wildman–Crippen MR) is 84.4 cm³/mol. The smallest absolute Gasteiger partial charge is 0.433 e. The van der Waals surface area contributed by atoms with Gasteiger partial charge < -0.3 is 15.3 Å². The third-order valence-electron chi connectivity index (χ3n) is 3.47. The molecule has 3 rings (SSSR count). The van der Waals surface area contributed by atoms with E-state index in [0.717, 1.165) is 6.07 Å². The van der Waals surface area contributed by atoms with Crippen molar-refractivity contribution in [2.75, 3.05) is 5.84 Å². The van der Waals surface area contributed by atoms with Crippen molar-refractivity contribution in [3.63, 3.8) is 0 Å². The average Bonchev–Trinajstić information content (AvgIpc) is 2.81. The molecule has 0 saturated heterocycles. The molecule has 0 saturated carbocycles. The van der Waals surface area contributed by atoms with Crippen LogP contribution >= 0.6 is 15.9 Å². The van der Waals surface area contributed by atoms with E-state index in [1.807, 2.05) is 0 Å². The van der Waals surface area contributed by atoms with Gasteiger partial charge in [-0.05, 0) is 22.0 Å². The fraction of sp³-hybridized carbons (Fsp3) is 0.286. The zero-order valence-corrected chi connectivity index (χ0v) is 14.7. The van der Waals surface area contributed by atoms with Gasteiger partial charge in [-0.2, -0.15) is 13.2 Å². The molecule has 1 aromatic heterocycles. The van der Waals surface area contributed by atoms with Crippen molar-refractivity contribution < 1.29 is 27.0 Å². The molecule has 2 N–H and O–H groups in total. The molecule has 0 bridgehead atoms. The quantitative estimate of drug-likeness (QED) is 0.543. The highest BCUT2D eigenvalue weighted by Gasteiger charge is 2.40. The Kier molecular flexibility index (Phi) is 3.87. The third-order valence-corrected chi connectivity index (χ3v) is 4.05. The summed E-state index contributed by atoms with van der Waals surface area (Å²) in [6.45, 7) is 2.97. The average molecular weight is 440 g/mol. The van der Waals surface area contributed by atoms with Gasteiger partial charge in [-0.25, -0.2) is 18.4 Å². The van der Waals surface area contributed by atoms with Crippen LogP contribution in [0.15, 0.2) is 26.2 Å². The Bertz CT molecular complexity index is 1040. The number of rotatable bonds is 1. The lowest BCUT2D eigenvalue weighted by molar-refractivity contribution is -0.143. The molecule has 2 aromatic rings. The van der Waals surface area contributed by atoms with Gasteiger partial charge in [0.15, 0.2) is 23.0 Å². The first-order valence-electron chi connectivity index (χ1n) is 6.95. The molecule has 0 spiro atoms. The van der Waals surface area contributed by atoms with Gasteiger partial charge in [-0.15, -0.1) is 0 Å². The molecule has 0 atom stereocenters. The van der Waals surface area contributed by atoms with Crippen molar-refractivity contribution in [3.8, 4) is 17.2 Å². The monoisotopic (exact) mass is 439 g/mol. The molecule has 12 heteroatoms. The predicted octanol–water partition coefficient (Wildman–Crippen LogP) is 2.14. The largest absolute Gasteiger partial charge is 0.448 e. The van der Waals surface area contributed by atoms with Crippen molar-refractivity contribution >= 4 is 15.9 Å². The van der Waals surface area contributed by atoms with Crippen LogP contribution in [0.4, 0.5) is 17.6 Å². The second kappa shape index (κ2) is 5.50. The molecular formula is C14H10BrF4N3O4. The van der Waals surface area contributed by atoms with Crippen molar-refractivity contribution in [1.82, 2.24) is 9.24 Å². The maximum absolute atomic E-state index is 14.5. The Morgan fingerprint density at radius 3 is 2.31 bits per heavy atom. The van der Waals surface area contributed by atoms with E-state index in [-0.39, 0.29) is 31.3 Å². The molecule has 0 unspecified atom stereocenters. The van der Waals surface area contributed by atoms with E-state index in [0.29, 0.717) is 0 Å². The molecule has 26 heavy (non-hydrogen) atoms. The highest BCUT2D eigenvalue weighted by Crippen LogP contribution is 2.48. The summed E-state index contributed by atoms with van der Waals surface area (Å²) >= 11 is 3.06. The van der Waals surface area contributed by atoms with Crippen molar-refractivity contribution in [3.05, 3.63) is 49.0 Å². The first-order valence-corrected chi connectivity index (χ1v) is 7.74. The summed E-state index contributed by atoms with van der Waals surface area (Å²) in [5.41, 5.74) is -5.39. The fourth-order valence-corrected chi connectivity index (χ4v) is 2.92. The topological polar surface area (TPSA) is 88.5 Å². The lowest BCUT2D eigenvalue weighted by Gasteiger charge is -2.17. The maximum atomic E-state index is 14.5. The van der Waals surface area contributed by atoms with Crippen molar-refractivity contribution in [2.24, 2.45) is 0 Å². The van der Waals surface area contributed by atoms with E-state index in [9.17, 15) is 27.2 Å². The Labute approximate surface area is 150 Å². The molecule has 0 amide bonds. The highest BCUT2D eigenvalue weighted by atomic mass is 79.9. The van der Waals surface area contributed by atoms with Gasteiger partial charge in [0, 0.05) is 19.9 Å². The molecule has 0 aliphatic carbocycles. The number of ether oxygens (including phenoxy) is 2. The lowest BCUT2D eigenvalue weighted by atomic mass is 10.2. The number of alkyl halides is 3. The van der Waals surface area contributed by atoms with Crippen LogP contribution in [0.5, 0.6) is 11.5 Å². The van der Waals surface area contributed by atoms with E-state index in [2.05, 4.69) is 15.9 Å². The number of fused-ring (bicyclic) bond motifs is 1. The van der Waals surface area contributed by atoms with Crippen LogP contribution in [-0.2, 0) is 6.18 Å². The molecule has 0 fully saturated rings. The third kappa shape index (κ3) is 2.73.